The van der Waals surface area contributed by atoms with E-state index in [9.17, 15) is 0 Å². The number of rotatable bonds is 8. The van der Waals surface area contributed by atoms with E-state index in [1.54, 1.807) is 0 Å². The molecule has 0 fully saturated rings. The molecule has 0 nitrogen and oxygen atoms in total. The van der Waals surface area contributed by atoms with Crippen LogP contribution in [0.15, 0.2) is 60.7 Å². The van der Waals surface area contributed by atoms with Crippen molar-refractivity contribution in [3.63, 3.8) is 0 Å². The van der Waals surface area contributed by atoms with Crippen LogP contribution < -0.4 is 0 Å². The molecule has 0 amide bonds. The van der Waals surface area contributed by atoms with Crippen LogP contribution >= 0.6 is 0 Å². The first-order valence-corrected chi connectivity index (χ1v) is 9.36. The van der Waals surface area contributed by atoms with Crippen LogP contribution in [0.3, 0.4) is 0 Å². The smallest absolute Gasteiger partial charge is 0.0258 e. The molecule has 2 rings (SSSR count). The molecule has 23 heavy (non-hydrogen) atoms. The summed E-state index contributed by atoms with van der Waals surface area (Å²) in [6.07, 6.45) is 4.88. The molecule has 0 saturated carbocycles. The van der Waals surface area contributed by atoms with E-state index < -0.39 is 0 Å². The third-order valence-electron chi connectivity index (χ3n) is 5.76. The standard InChI is InChI=1S/C23H32/c1-5-19(6-2)23(20(7-3)8-4,21-15-11-9-12-16-21)22-17-13-10-14-18-22/h9-20H,5-8H2,1-4H3. The Kier molecular flexibility index (Phi) is 6.45. The molecule has 2 aromatic carbocycles. The van der Waals surface area contributed by atoms with Gasteiger partial charge in [0.1, 0.15) is 0 Å². The topological polar surface area (TPSA) is 0 Å². The summed E-state index contributed by atoms with van der Waals surface area (Å²) in [4.78, 5) is 0. The Labute approximate surface area is 143 Å². The van der Waals surface area contributed by atoms with Gasteiger partial charge in [-0.1, -0.05) is 114 Å². The summed E-state index contributed by atoms with van der Waals surface area (Å²) in [7, 11) is 0. The van der Waals surface area contributed by atoms with Crippen molar-refractivity contribution in [2.24, 2.45) is 11.8 Å². The fourth-order valence-electron chi connectivity index (χ4n) is 4.74. The Morgan fingerprint density at radius 1 is 0.565 bits per heavy atom. The van der Waals surface area contributed by atoms with E-state index in [1.165, 1.54) is 36.8 Å². The highest BCUT2D eigenvalue weighted by atomic mass is 14.5. The highest BCUT2D eigenvalue weighted by molar-refractivity contribution is 5.41. The normalized spacial score (nSPS) is 12.1. The minimum absolute atomic E-state index is 0.121. The van der Waals surface area contributed by atoms with Gasteiger partial charge in [0.15, 0.2) is 0 Å². The summed E-state index contributed by atoms with van der Waals surface area (Å²) < 4.78 is 0. The second kappa shape index (κ2) is 8.34. The quantitative estimate of drug-likeness (QED) is 0.500. The molecule has 0 radical (unpaired) electrons. The molecule has 0 aliphatic carbocycles. The number of benzene rings is 2. The Morgan fingerprint density at radius 3 is 1.13 bits per heavy atom. The molecule has 2 aromatic rings. The molecule has 0 aliphatic heterocycles. The Morgan fingerprint density at radius 2 is 0.870 bits per heavy atom. The van der Waals surface area contributed by atoms with Crippen LogP contribution in [-0.2, 0) is 5.41 Å². The fourth-order valence-corrected chi connectivity index (χ4v) is 4.74. The molecule has 0 spiro atoms. The van der Waals surface area contributed by atoms with E-state index in [0.29, 0.717) is 11.8 Å². The average Bonchev–Trinajstić information content (AvgIpc) is 2.63. The lowest BCUT2D eigenvalue weighted by atomic mass is 9.56. The predicted octanol–water partition coefficient (Wildman–Crippen LogP) is 6.85. The molecule has 0 aromatic heterocycles. The van der Waals surface area contributed by atoms with Gasteiger partial charge >= 0.3 is 0 Å². The van der Waals surface area contributed by atoms with Crippen molar-refractivity contribution in [1.29, 1.82) is 0 Å². The molecule has 0 unspecified atom stereocenters. The molecule has 0 bridgehead atoms. The van der Waals surface area contributed by atoms with Crippen molar-refractivity contribution in [3.05, 3.63) is 71.8 Å². The van der Waals surface area contributed by atoms with Crippen LogP contribution in [0.2, 0.25) is 0 Å². The number of hydrogen-bond acceptors (Lipinski definition) is 0. The zero-order chi connectivity index (χ0) is 16.7. The molecule has 0 atom stereocenters. The van der Waals surface area contributed by atoms with Crippen molar-refractivity contribution in [2.75, 3.05) is 0 Å². The van der Waals surface area contributed by atoms with Gasteiger partial charge in [-0.3, -0.25) is 0 Å². The summed E-state index contributed by atoms with van der Waals surface area (Å²) in [5.74, 6) is 1.33. The average molecular weight is 309 g/mol. The highest BCUT2D eigenvalue weighted by Crippen LogP contribution is 2.50. The Bertz CT molecular complexity index is 494. The second-order valence-corrected chi connectivity index (χ2v) is 6.63. The first kappa shape index (κ1) is 17.8. The van der Waals surface area contributed by atoms with E-state index in [1.807, 2.05) is 0 Å². The van der Waals surface area contributed by atoms with Gasteiger partial charge in [-0.05, 0) is 23.0 Å². The lowest BCUT2D eigenvalue weighted by molar-refractivity contribution is 0.189. The molecule has 0 aliphatic rings. The van der Waals surface area contributed by atoms with Crippen molar-refractivity contribution in [1.82, 2.24) is 0 Å². The van der Waals surface area contributed by atoms with Gasteiger partial charge in [-0.25, -0.2) is 0 Å². The Hall–Kier alpha value is -1.56. The zero-order valence-electron chi connectivity index (χ0n) is 15.3. The van der Waals surface area contributed by atoms with Crippen LogP contribution in [0.5, 0.6) is 0 Å². The van der Waals surface area contributed by atoms with Crippen molar-refractivity contribution in [2.45, 2.75) is 58.8 Å². The van der Waals surface area contributed by atoms with Crippen LogP contribution in [0.1, 0.15) is 64.5 Å². The summed E-state index contributed by atoms with van der Waals surface area (Å²) in [5, 5.41) is 0. The summed E-state index contributed by atoms with van der Waals surface area (Å²) in [6, 6.07) is 22.5. The van der Waals surface area contributed by atoms with Crippen LogP contribution in [0.4, 0.5) is 0 Å². The summed E-state index contributed by atoms with van der Waals surface area (Å²) >= 11 is 0. The fraction of sp³-hybridized carbons (Fsp3) is 0.478. The van der Waals surface area contributed by atoms with Gasteiger partial charge in [-0.2, -0.15) is 0 Å². The van der Waals surface area contributed by atoms with Gasteiger partial charge in [0.05, 0.1) is 0 Å². The first-order chi connectivity index (χ1) is 11.2. The van der Waals surface area contributed by atoms with E-state index in [0.717, 1.165) is 0 Å². The molecule has 0 heteroatoms. The van der Waals surface area contributed by atoms with Gasteiger partial charge in [0, 0.05) is 5.41 Å². The lowest BCUT2D eigenvalue weighted by Crippen LogP contribution is -2.43. The van der Waals surface area contributed by atoms with Gasteiger partial charge < -0.3 is 0 Å². The summed E-state index contributed by atoms with van der Waals surface area (Å²) in [5.41, 5.74) is 3.11. The maximum Gasteiger partial charge on any atom is 0.0258 e. The third-order valence-corrected chi connectivity index (χ3v) is 5.76. The molecular weight excluding hydrogens is 276 g/mol. The SMILES string of the molecule is CCC(CC)C(c1ccccc1)(c1ccccc1)C(CC)CC. The van der Waals surface area contributed by atoms with Gasteiger partial charge in [0.2, 0.25) is 0 Å². The molecule has 0 heterocycles. The summed E-state index contributed by atoms with van der Waals surface area (Å²) in [6.45, 7) is 9.43. The van der Waals surface area contributed by atoms with Crippen LogP contribution in [-0.4, -0.2) is 0 Å². The largest absolute Gasteiger partial charge is 0.0651 e. The minimum Gasteiger partial charge on any atom is -0.0651 e. The van der Waals surface area contributed by atoms with Crippen LogP contribution in [0.25, 0.3) is 0 Å². The van der Waals surface area contributed by atoms with Crippen LogP contribution in [0, 0.1) is 11.8 Å². The predicted molar refractivity (Wildman–Crippen MR) is 102 cm³/mol. The second-order valence-electron chi connectivity index (χ2n) is 6.63. The van der Waals surface area contributed by atoms with Gasteiger partial charge in [-0.15, -0.1) is 0 Å². The first-order valence-electron chi connectivity index (χ1n) is 9.36. The van der Waals surface area contributed by atoms with E-state index in [2.05, 4.69) is 88.4 Å². The van der Waals surface area contributed by atoms with E-state index >= 15 is 0 Å². The molecule has 124 valence electrons. The third kappa shape index (κ3) is 3.22. The Balaban J connectivity index is 2.78. The highest BCUT2D eigenvalue weighted by Gasteiger charge is 2.44. The van der Waals surface area contributed by atoms with Crippen molar-refractivity contribution >= 4 is 0 Å². The van der Waals surface area contributed by atoms with E-state index in [-0.39, 0.29) is 5.41 Å². The molecule has 0 saturated heterocycles. The maximum atomic E-state index is 2.36. The van der Waals surface area contributed by atoms with E-state index in [4.69, 9.17) is 0 Å². The molecular formula is C23H32. The minimum atomic E-state index is 0.121. The van der Waals surface area contributed by atoms with Gasteiger partial charge in [0.25, 0.3) is 0 Å². The zero-order valence-corrected chi connectivity index (χ0v) is 15.3. The molecule has 0 N–H and O–H groups in total. The maximum absolute atomic E-state index is 2.36. The van der Waals surface area contributed by atoms with Crippen molar-refractivity contribution < 1.29 is 0 Å². The monoisotopic (exact) mass is 308 g/mol. The number of hydrogen-bond donors (Lipinski definition) is 0. The van der Waals surface area contributed by atoms with Crippen molar-refractivity contribution in [3.8, 4) is 0 Å². The lowest BCUT2D eigenvalue weighted by Gasteiger charge is -2.47.